The van der Waals surface area contributed by atoms with Gasteiger partial charge in [-0.2, -0.15) is 4.31 Å². The fraction of sp³-hybridized carbons (Fsp3) is 0.364. The van der Waals surface area contributed by atoms with Crippen molar-refractivity contribution in [2.24, 2.45) is 0 Å². The van der Waals surface area contributed by atoms with Gasteiger partial charge < -0.3 is 10.2 Å². The largest absolute Gasteiger partial charge is 0.348 e. The maximum atomic E-state index is 12.5. The summed E-state index contributed by atoms with van der Waals surface area (Å²) in [6.07, 6.45) is 1.43. The van der Waals surface area contributed by atoms with Gasteiger partial charge in [0, 0.05) is 43.9 Å². The number of rotatable bonds is 7. The SMILES string of the molecule is CC(C)N(C)S(=O)(=O)c1ccc(C(=O)NCc2cccc(N3CCCC3=O)c2)cc1. The normalized spacial score (nSPS) is 14.6. The molecule has 0 atom stereocenters. The molecule has 7 nitrogen and oxygen atoms in total. The summed E-state index contributed by atoms with van der Waals surface area (Å²) >= 11 is 0. The molecule has 0 unspecified atom stereocenters. The zero-order valence-corrected chi connectivity index (χ0v) is 18.3. The number of nitrogens with zero attached hydrogens (tertiary/aromatic N) is 2. The molecule has 1 fully saturated rings. The van der Waals surface area contributed by atoms with E-state index in [1.54, 1.807) is 18.7 Å². The van der Waals surface area contributed by atoms with Crippen molar-refractivity contribution in [2.45, 2.75) is 44.2 Å². The van der Waals surface area contributed by atoms with Crippen molar-refractivity contribution in [3.05, 3.63) is 59.7 Å². The van der Waals surface area contributed by atoms with Crippen LogP contribution in [0.2, 0.25) is 0 Å². The first kappa shape index (κ1) is 22.0. The van der Waals surface area contributed by atoms with Crippen LogP contribution in [0.15, 0.2) is 53.4 Å². The maximum absolute atomic E-state index is 12.5. The minimum atomic E-state index is -3.58. The van der Waals surface area contributed by atoms with Crippen LogP contribution in [0.25, 0.3) is 0 Å². The highest BCUT2D eigenvalue weighted by Gasteiger charge is 2.23. The molecule has 8 heteroatoms. The molecule has 3 rings (SSSR count). The highest BCUT2D eigenvalue weighted by atomic mass is 32.2. The van der Waals surface area contributed by atoms with Crippen molar-refractivity contribution in [1.29, 1.82) is 0 Å². The van der Waals surface area contributed by atoms with Gasteiger partial charge in [0.15, 0.2) is 0 Å². The highest BCUT2D eigenvalue weighted by Crippen LogP contribution is 2.22. The molecule has 1 saturated heterocycles. The van der Waals surface area contributed by atoms with E-state index in [9.17, 15) is 18.0 Å². The van der Waals surface area contributed by atoms with Gasteiger partial charge in [0.2, 0.25) is 15.9 Å². The second kappa shape index (κ2) is 8.97. The molecule has 0 spiro atoms. The van der Waals surface area contributed by atoms with Crippen LogP contribution in [0.5, 0.6) is 0 Å². The first-order valence-corrected chi connectivity index (χ1v) is 11.4. The van der Waals surface area contributed by atoms with Crippen molar-refractivity contribution in [3.63, 3.8) is 0 Å². The summed E-state index contributed by atoms with van der Waals surface area (Å²) in [6.45, 7) is 4.63. The van der Waals surface area contributed by atoms with E-state index in [-0.39, 0.29) is 22.8 Å². The van der Waals surface area contributed by atoms with Gasteiger partial charge in [-0.15, -0.1) is 0 Å². The fourth-order valence-corrected chi connectivity index (χ4v) is 4.63. The Bertz CT molecular complexity index is 1030. The molecule has 1 aliphatic rings. The quantitative estimate of drug-likeness (QED) is 0.733. The molecule has 1 N–H and O–H groups in total. The Balaban J connectivity index is 1.65. The molecule has 2 aromatic rings. The van der Waals surface area contributed by atoms with Crippen LogP contribution in [-0.4, -0.2) is 44.2 Å². The standard InChI is InChI=1S/C22H27N3O4S/c1-16(2)24(3)30(28,29)20-11-9-18(10-12-20)22(27)23-15-17-6-4-7-19(14-17)25-13-5-8-21(25)26/h4,6-7,9-12,14,16H,5,8,13,15H2,1-3H3,(H,23,27). The first-order chi connectivity index (χ1) is 14.2. The number of amides is 2. The lowest BCUT2D eigenvalue weighted by atomic mass is 10.1. The van der Waals surface area contributed by atoms with Crippen LogP contribution in [0.4, 0.5) is 5.69 Å². The minimum Gasteiger partial charge on any atom is -0.348 e. The molecule has 0 aromatic heterocycles. The summed E-state index contributed by atoms with van der Waals surface area (Å²) < 4.78 is 26.3. The van der Waals surface area contributed by atoms with Gasteiger partial charge in [-0.1, -0.05) is 12.1 Å². The van der Waals surface area contributed by atoms with Gasteiger partial charge in [0.05, 0.1) is 4.90 Å². The second-order valence-corrected chi connectivity index (χ2v) is 9.64. The molecule has 2 aromatic carbocycles. The molecule has 0 saturated carbocycles. The number of benzene rings is 2. The molecule has 2 amide bonds. The molecule has 0 aliphatic carbocycles. The third-order valence-electron chi connectivity index (χ3n) is 5.27. The number of carbonyl (C=O) groups excluding carboxylic acids is 2. The van der Waals surface area contributed by atoms with E-state index in [2.05, 4.69) is 5.32 Å². The van der Waals surface area contributed by atoms with Crippen molar-refractivity contribution in [2.75, 3.05) is 18.5 Å². The summed E-state index contributed by atoms with van der Waals surface area (Å²) in [4.78, 5) is 26.3. The third kappa shape index (κ3) is 4.71. The molecule has 0 radical (unpaired) electrons. The van der Waals surface area contributed by atoms with E-state index in [0.29, 0.717) is 18.5 Å². The molecule has 160 valence electrons. The molecule has 30 heavy (non-hydrogen) atoms. The van der Waals surface area contributed by atoms with E-state index in [1.807, 2.05) is 24.3 Å². The van der Waals surface area contributed by atoms with Crippen LogP contribution in [0.1, 0.15) is 42.6 Å². The number of hydrogen-bond donors (Lipinski definition) is 1. The van der Waals surface area contributed by atoms with Crippen LogP contribution < -0.4 is 10.2 Å². The Hall–Kier alpha value is -2.71. The zero-order valence-electron chi connectivity index (χ0n) is 17.5. The van der Waals surface area contributed by atoms with Crippen LogP contribution in [0, 0.1) is 0 Å². The van der Waals surface area contributed by atoms with Crippen LogP contribution in [-0.2, 0) is 21.4 Å². The summed E-state index contributed by atoms with van der Waals surface area (Å²) in [5, 5.41) is 2.84. The smallest absolute Gasteiger partial charge is 0.251 e. The molecule has 1 heterocycles. The Labute approximate surface area is 177 Å². The summed E-state index contributed by atoms with van der Waals surface area (Å²) in [5.74, 6) is -0.173. The predicted octanol–water partition coefficient (Wildman–Crippen LogP) is 2.77. The molecular formula is C22H27N3O4S. The summed E-state index contributed by atoms with van der Waals surface area (Å²) in [7, 11) is -2.05. The van der Waals surface area contributed by atoms with Crippen molar-refractivity contribution in [3.8, 4) is 0 Å². The second-order valence-electron chi connectivity index (χ2n) is 7.64. The van der Waals surface area contributed by atoms with E-state index in [1.165, 1.54) is 35.6 Å². The van der Waals surface area contributed by atoms with E-state index in [0.717, 1.165) is 24.2 Å². The van der Waals surface area contributed by atoms with Gasteiger partial charge in [-0.05, 0) is 62.2 Å². The average molecular weight is 430 g/mol. The number of anilines is 1. The lowest BCUT2D eigenvalue weighted by molar-refractivity contribution is -0.117. The lowest BCUT2D eigenvalue weighted by Gasteiger charge is -2.21. The number of nitrogens with one attached hydrogen (secondary N) is 1. The Morgan fingerprint density at radius 1 is 1.17 bits per heavy atom. The molecule has 1 aliphatic heterocycles. The van der Waals surface area contributed by atoms with E-state index >= 15 is 0 Å². The van der Waals surface area contributed by atoms with Crippen molar-refractivity contribution in [1.82, 2.24) is 9.62 Å². The Morgan fingerprint density at radius 2 is 1.87 bits per heavy atom. The Kier molecular flexibility index (Phi) is 6.58. The van der Waals surface area contributed by atoms with Crippen LogP contribution in [0.3, 0.4) is 0 Å². The molecular weight excluding hydrogens is 402 g/mol. The fourth-order valence-electron chi connectivity index (χ4n) is 3.26. The number of carbonyl (C=O) groups is 2. The van der Waals surface area contributed by atoms with Crippen molar-refractivity contribution >= 4 is 27.5 Å². The molecule has 0 bridgehead atoms. The van der Waals surface area contributed by atoms with E-state index < -0.39 is 10.0 Å². The van der Waals surface area contributed by atoms with Gasteiger partial charge in [-0.3, -0.25) is 9.59 Å². The van der Waals surface area contributed by atoms with Gasteiger partial charge >= 0.3 is 0 Å². The Morgan fingerprint density at radius 3 is 2.47 bits per heavy atom. The number of hydrogen-bond acceptors (Lipinski definition) is 4. The van der Waals surface area contributed by atoms with Crippen molar-refractivity contribution < 1.29 is 18.0 Å². The van der Waals surface area contributed by atoms with Gasteiger partial charge in [0.1, 0.15) is 0 Å². The highest BCUT2D eigenvalue weighted by molar-refractivity contribution is 7.89. The number of sulfonamides is 1. The predicted molar refractivity (Wildman–Crippen MR) is 116 cm³/mol. The lowest BCUT2D eigenvalue weighted by Crippen LogP contribution is -2.33. The topological polar surface area (TPSA) is 86.8 Å². The minimum absolute atomic E-state index is 0.120. The van der Waals surface area contributed by atoms with Gasteiger partial charge in [-0.25, -0.2) is 8.42 Å². The third-order valence-corrected chi connectivity index (χ3v) is 7.32. The summed E-state index contributed by atoms with van der Waals surface area (Å²) in [5.41, 5.74) is 2.11. The first-order valence-electron chi connectivity index (χ1n) is 9.96. The maximum Gasteiger partial charge on any atom is 0.251 e. The monoisotopic (exact) mass is 429 g/mol. The van der Waals surface area contributed by atoms with Crippen LogP contribution >= 0.6 is 0 Å². The zero-order chi connectivity index (χ0) is 21.9. The van der Waals surface area contributed by atoms with E-state index in [4.69, 9.17) is 0 Å². The van der Waals surface area contributed by atoms with Gasteiger partial charge in [0.25, 0.3) is 5.91 Å². The average Bonchev–Trinajstić information content (AvgIpc) is 3.17. The summed E-state index contributed by atoms with van der Waals surface area (Å²) in [6, 6.07) is 13.3.